The highest BCUT2D eigenvalue weighted by Crippen LogP contribution is 2.24. The molecule has 90 valence electrons. The molecular weight excluding hydrogens is 218 g/mol. The molecule has 1 N–H and O–H groups in total. The largest absolute Gasteiger partial charge is 0.466 e. The molecule has 1 aromatic rings. The molecule has 1 atom stereocenters. The van der Waals surface area contributed by atoms with Gasteiger partial charge in [0.2, 0.25) is 0 Å². The number of hydrogen-bond acceptors (Lipinski definition) is 3. The van der Waals surface area contributed by atoms with Crippen molar-refractivity contribution in [3.05, 3.63) is 23.2 Å². The lowest BCUT2D eigenvalue weighted by atomic mass is 10.1. The van der Waals surface area contributed by atoms with E-state index < -0.39 is 0 Å². The molecule has 2 heterocycles. The van der Waals surface area contributed by atoms with Crippen molar-refractivity contribution in [1.29, 1.82) is 0 Å². The first kappa shape index (κ1) is 12.1. The molecule has 1 aliphatic heterocycles. The number of hydrogen-bond donors (Lipinski definition) is 1. The zero-order chi connectivity index (χ0) is 11.5. The van der Waals surface area contributed by atoms with Crippen molar-refractivity contribution in [3.8, 4) is 0 Å². The molecule has 0 aliphatic carbocycles. The summed E-state index contributed by atoms with van der Waals surface area (Å²) in [5.41, 5.74) is 1.32. The van der Waals surface area contributed by atoms with Crippen molar-refractivity contribution >= 4 is 11.8 Å². The average molecular weight is 239 g/mol. The van der Waals surface area contributed by atoms with Crippen LogP contribution in [0.3, 0.4) is 0 Å². The lowest BCUT2D eigenvalue weighted by Crippen LogP contribution is -2.34. The maximum atomic E-state index is 5.58. The van der Waals surface area contributed by atoms with Gasteiger partial charge in [0.15, 0.2) is 0 Å². The van der Waals surface area contributed by atoms with Crippen LogP contribution in [0.1, 0.15) is 42.9 Å². The van der Waals surface area contributed by atoms with E-state index in [0.717, 1.165) is 11.5 Å². The van der Waals surface area contributed by atoms with Gasteiger partial charge in [0.05, 0.1) is 0 Å². The summed E-state index contributed by atoms with van der Waals surface area (Å²) in [5, 5.41) is 3.72. The van der Waals surface area contributed by atoms with Crippen molar-refractivity contribution in [2.24, 2.45) is 0 Å². The van der Waals surface area contributed by atoms with Crippen molar-refractivity contribution in [2.45, 2.75) is 45.7 Å². The van der Waals surface area contributed by atoms with E-state index in [9.17, 15) is 0 Å². The molecule has 0 bridgehead atoms. The van der Waals surface area contributed by atoms with Crippen LogP contribution in [0.4, 0.5) is 0 Å². The third-order valence-corrected chi connectivity index (χ3v) is 4.30. The molecule has 0 aromatic carbocycles. The summed E-state index contributed by atoms with van der Waals surface area (Å²) in [6.45, 7) is 6.30. The third-order valence-electron chi connectivity index (χ3n) is 3.25. The Morgan fingerprint density at radius 1 is 1.38 bits per heavy atom. The second kappa shape index (κ2) is 5.28. The minimum Gasteiger partial charge on any atom is -0.466 e. The molecule has 2 nitrogen and oxygen atoms in total. The second-order valence-corrected chi connectivity index (χ2v) is 5.87. The molecule has 1 fully saturated rings. The topological polar surface area (TPSA) is 25.2 Å². The first-order chi connectivity index (χ1) is 7.66. The summed E-state index contributed by atoms with van der Waals surface area (Å²) in [6, 6.07) is 3.25. The molecule has 0 radical (unpaired) electrons. The predicted molar refractivity (Wildman–Crippen MR) is 70.1 cm³/mol. The molecule has 1 aromatic heterocycles. The van der Waals surface area contributed by atoms with Crippen LogP contribution in [-0.2, 0) is 0 Å². The Hall–Kier alpha value is -0.410. The predicted octanol–water partition coefficient (Wildman–Crippen LogP) is 3.44. The summed E-state index contributed by atoms with van der Waals surface area (Å²) >= 11 is 2.07. The third kappa shape index (κ3) is 2.83. The second-order valence-electron chi connectivity index (χ2n) is 4.64. The Bertz CT molecular complexity index is 342. The smallest absolute Gasteiger partial charge is 0.105 e. The zero-order valence-corrected chi connectivity index (χ0v) is 11.2. The van der Waals surface area contributed by atoms with E-state index in [4.69, 9.17) is 4.42 Å². The van der Waals surface area contributed by atoms with Gasteiger partial charge in [-0.25, -0.2) is 0 Å². The fraction of sp³-hybridized carbons (Fsp3) is 0.692. The number of thioether (sulfide) groups is 1. The van der Waals surface area contributed by atoms with Crippen LogP contribution in [0.25, 0.3) is 0 Å². The van der Waals surface area contributed by atoms with Crippen LogP contribution < -0.4 is 5.32 Å². The van der Waals surface area contributed by atoms with Gasteiger partial charge in [-0.1, -0.05) is 0 Å². The summed E-state index contributed by atoms with van der Waals surface area (Å²) < 4.78 is 5.58. The SMILES string of the molecule is Cc1cc(C(C)NC2CCSCC2)c(C)o1. The van der Waals surface area contributed by atoms with Gasteiger partial charge in [-0.2, -0.15) is 11.8 Å². The Kier molecular flexibility index (Phi) is 3.98. The van der Waals surface area contributed by atoms with Crippen LogP contribution in [0, 0.1) is 13.8 Å². The van der Waals surface area contributed by atoms with E-state index in [-0.39, 0.29) is 0 Å². The van der Waals surface area contributed by atoms with E-state index in [1.807, 2.05) is 6.92 Å². The van der Waals surface area contributed by atoms with Gasteiger partial charge in [0, 0.05) is 17.6 Å². The fourth-order valence-electron chi connectivity index (χ4n) is 2.39. The van der Waals surface area contributed by atoms with Gasteiger partial charge in [-0.3, -0.25) is 0 Å². The highest BCUT2D eigenvalue weighted by molar-refractivity contribution is 7.99. The lowest BCUT2D eigenvalue weighted by Gasteiger charge is -2.26. The van der Waals surface area contributed by atoms with Gasteiger partial charge >= 0.3 is 0 Å². The van der Waals surface area contributed by atoms with Crippen molar-refractivity contribution in [3.63, 3.8) is 0 Å². The van der Waals surface area contributed by atoms with Crippen molar-refractivity contribution < 1.29 is 4.42 Å². The van der Waals surface area contributed by atoms with Crippen LogP contribution in [0.2, 0.25) is 0 Å². The standard InChI is InChI=1S/C13H21NOS/c1-9-8-13(11(3)15-9)10(2)14-12-4-6-16-7-5-12/h8,10,12,14H,4-7H2,1-3H3. The molecule has 1 unspecified atom stereocenters. The molecule has 0 amide bonds. The maximum absolute atomic E-state index is 5.58. The van der Waals surface area contributed by atoms with Gasteiger partial charge in [-0.05, 0) is 51.2 Å². The minimum absolute atomic E-state index is 0.408. The number of aryl methyl sites for hydroxylation is 2. The van der Waals surface area contributed by atoms with Gasteiger partial charge in [0.1, 0.15) is 11.5 Å². The number of nitrogens with one attached hydrogen (secondary N) is 1. The molecule has 16 heavy (non-hydrogen) atoms. The fourth-order valence-corrected chi connectivity index (χ4v) is 3.49. The van der Waals surface area contributed by atoms with Gasteiger partial charge < -0.3 is 9.73 Å². The average Bonchev–Trinajstić information content (AvgIpc) is 2.59. The van der Waals surface area contributed by atoms with Crippen molar-refractivity contribution in [1.82, 2.24) is 5.32 Å². The number of furan rings is 1. The summed E-state index contributed by atoms with van der Waals surface area (Å²) in [6.07, 6.45) is 2.59. The lowest BCUT2D eigenvalue weighted by molar-refractivity contribution is 0.423. The maximum Gasteiger partial charge on any atom is 0.105 e. The quantitative estimate of drug-likeness (QED) is 0.874. The van der Waals surface area contributed by atoms with E-state index in [1.54, 1.807) is 0 Å². The van der Waals surface area contributed by atoms with E-state index in [2.05, 4.69) is 37.0 Å². The normalized spacial score (nSPS) is 19.9. The molecule has 0 spiro atoms. The first-order valence-corrected chi connectivity index (χ1v) is 7.23. The zero-order valence-electron chi connectivity index (χ0n) is 10.4. The summed E-state index contributed by atoms with van der Waals surface area (Å²) in [7, 11) is 0. The Balaban J connectivity index is 1.96. The molecular formula is C13H21NOS. The molecule has 1 aliphatic rings. The van der Waals surface area contributed by atoms with Crippen LogP contribution in [-0.4, -0.2) is 17.5 Å². The van der Waals surface area contributed by atoms with E-state index in [0.29, 0.717) is 12.1 Å². The first-order valence-electron chi connectivity index (χ1n) is 6.07. The molecule has 2 rings (SSSR count). The van der Waals surface area contributed by atoms with E-state index in [1.165, 1.54) is 29.9 Å². The highest BCUT2D eigenvalue weighted by atomic mass is 32.2. The molecule has 1 saturated heterocycles. The van der Waals surface area contributed by atoms with E-state index >= 15 is 0 Å². The molecule has 3 heteroatoms. The van der Waals surface area contributed by atoms with Gasteiger partial charge in [0.25, 0.3) is 0 Å². The monoisotopic (exact) mass is 239 g/mol. The highest BCUT2D eigenvalue weighted by Gasteiger charge is 2.18. The van der Waals surface area contributed by atoms with Crippen LogP contribution in [0.5, 0.6) is 0 Å². The molecule has 0 saturated carbocycles. The Morgan fingerprint density at radius 3 is 2.62 bits per heavy atom. The summed E-state index contributed by atoms with van der Waals surface area (Å²) in [4.78, 5) is 0. The van der Waals surface area contributed by atoms with Crippen LogP contribution in [0.15, 0.2) is 10.5 Å². The van der Waals surface area contributed by atoms with Crippen molar-refractivity contribution in [2.75, 3.05) is 11.5 Å². The summed E-state index contributed by atoms with van der Waals surface area (Å²) in [5.74, 6) is 4.67. The Morgan fingerprint density at radius 2 is 2.06 bits per heavy atom. The number of rotatable bonds is 3. The van der Waals surface area contributed by atoms with Gasteiger partial charge in [-0.15, -0.1) is 0 Å². The minimum atomic E-state index is 0.408. The Labute approximate surface area is 102 Å². The van der Waals surface area contributed by atoms with Crippen LogP contribution >= 0.6 is 11.8 Å².